The summed E-state index contributed by atoms with van der Waals surface area (Å²) in [4.78, 5) is 14.4. The van der Waals surface area contributed by atoms with E-state index in [-0.39, 0.29) is 10.6 Å². The van der Waals surface area contributed by atoms with E-state index in [0.29, 0.717) is 12.5 Å². The summed E-state index contributed by atoms with van der Waals surface area (Å²) in [5, 5.41) is 0.249. The van der Waals surface area contributed by atoms with Gasteiger partial charge in [0, 0.05) is 6.54 Å². The Labute approximate surface area is 124 Å². The molecule has 2 fully saturated rings. The van der Waals surface area contributed by atoms with Gasteiger partial charge in [0.1, 0.15) is 11.1 Å². The molecule has 3 nitrogen and oxygen atoms in total. The van der Waals surface area contributed by atoms with Crippen LogP contribution in [0.2, 0.25) is 0 Å². The summed E-state index contributed by atoms with van der Waals surface area (Å²) in [7, 11) is 0. The average Bonchev–Trinajstić information content (AvgIpc) is 3.22. The summed E-state index contributed by atoms with van der Waals surface area (Å²) in [6, 6.07) is 8.19. The van der Waals surface area contributed by atoms with Gasteiger partial charge in [-0.05, 0) is 50.3 Å². The zero-order valence-corrected chi connectivity index (χ0v) is 12.9. The number of amides is 1. The van der Waals surface area contributed by atoms with Crippen molar-refractivity contribution in [2.75, 3.05) is 13.2 Å². The first-order chi connectivity index (χ1) is 9.69. The highest BCUT2D eigenvalue weighted by molar-refractivity contribution is 8.01. The van der Waals surface area contributed by atoms with Crippen LogP contribution in [0.5, 0.6) is 5.75 Å². The first-order valence-electron chi connectivity index (χ1n) is 7.37. The zero-order chi connectivity index (χ0) is 14.1. The molecule has 1 aromatic carbocycles. The maximum absolute atomic E-state index is 12.3. The highest BCUT2D eigenvalue weighted by Gasteiger charge is 2.40. The van der Waals surface area contributed by atoms with Crippen molar-refractivity contribution >= 4 is 17.7 Å². The fourth-order valence-corrected chi connectivity index (χ4v) is 3.88. The number of benzene rings is 1. The molecule has 0 spiro atoms. The highest BCUT2D eigenvalue weighted by atomic mass is 32.2. The minimum absolute atomic E-state index is 0.0744. The molecule has 4 heteroatoms. The number of carbonyl (C=O) groups is 1. The van der Waals surface area contributed by atoms with E-state index >= 15 is 0 Å². The Kier molecular flexibility index (Phi) is 3.92. The van der Waals surface area contributed by atoms with Crippen molar-refractivity contribution in [1.82, 2.24) is 4.90 Å². The van der Waals surface area contributed by atoms with Gasteiger partial charge in [0.2, 0.25) is 5.91 Å². The van der Waals surface area contributed by atoms with E-state index in [2.05, 4.69) is 17.0 Å². The normalized spacial score (nSPS) is 26.1. The minimum atomic E-state index is 0.0744. The lowest BCUT2D eigenvalue weighted by atomic mass is 10.2. The molecule has 2 atom stereocenters. The second-order valence-electron chi connectivity index (χ2n) is 5.57. The lowest BCUT2D eigenvalue weighted by molar-refractivity contribution is -0.130. The molecule has 3 rings (SSSR count). The molecule has 1 heterocycles. The van der Waals surface area contributed by atoms with Crippen LogP contribution in [0, 0.1) is 5.92 Å². The number of hydrogen-bond acceptors (Lipinski definition) is 3. The molecule has 1 saturated heterocycles. The van der Waals surface area contributed by atoms with E-state index in [4.69, 9.17) is 4.74 Å². The second kappa shape index (κ2) is 5.68. The third kappa shape index (κ3) is 2.80. The van der Waals surface area contributed by atoms with Gasteiger partial charge in [0.25, 0.3) is 0 Å². The largest absolute Gasteiger partial charge is 0.494 e. The smallest absolute Gasteiger partial charge is 0.236 e. The van der Waals surface area contributed by atoms with Crippen molar-refractivity contribution < 1.29 is 9.53 Å². The van der Waals surface area contributed by atoms with Crippen molar-refractivity contribution in [1.29, 1.82) is 0 Å². The van der Waals surface area contributed by atoms with Gasteiger partial charge in [0.15, 0.2) is 0 Å². The predicted octanol–water partition coefficient (Wildman–Crippen LogP) is 3.46. The molecule has 0 bridgehead atoms. The molecule has 1 aromatic rings. The Morgan fingerprint density at radius 1 is 1.30 bits per heavy atom. The average molecular weight is 291 g/mol. The van der Waals surface area contributed by atoms with E-state index in [0.717, 1.165) is 18.2 Å². The fraction of sp³-hybridized carbons (Fsp3) is 0.562. The predicted molar refractivity (Wildman–Crippen MR) is 81.8 cm³/mol. The number of thioether (sulfide) groups is 1. The van der Waals surface area contributed by atoms with Crippen LogP contribution < -0.4 is 4.74 Å². The van der Waals surface area contributed by atoms with Gasteiger partial charge in [-0.3, -0.25) is 4.79 Å². The van der Waals surface area contributed by atoms with Crippen LogP contribution in [0.25, 0.3) is 0 Å². The Morgan fingerprint density at radius 3 is 2.60 bits per heavy atom. The molecule has 1 aliphatic carbocycles. The van der Waals surface area contributed by atoms with Crippen molar-refractivity contribution in [2.45, 2.75) is 37.3 Å². The third-order valence-corrected chi connectivity index (χ3v) is 5.27. The van der Waals surface area contributed by atoms with E-state index in [1.165, 1.54) is 18.4 Å². The monoisotopic (exact) mass is 291 g/mol. The first-order valence-corrected chi connectivity index (χ1v) is 8.32. The molecule has 0 radical (unpaired) electrons. The first kappa shape index (κ1) is 13.8. The maximum Gasteiger partial charge on any atom is 0.236 e. The molecular weight excluding hydrogens is 270 g/mol. The molecule has 1 aliphatic heterocycles. The Morgan fingerprint density at radius 2 is 2.00 bits per heavy atom. The van der Waals surface area contributed by atoms with Crippen LogP contribution >= 0.6 is 11.8 Å². The number of nitrogens with zero attached hydrogens (tertiary/aromatic N) is 1. The van der Waals surface area contributed by atoms with Crippen LogP contribution in [0.1, 0.15) is 37.6 Å². The van der Waals surface area contributed by atoms with E-state index in [1.807, 2.05) is 26.0 Å². The van der Waals surface area contributed by atoms with Crippen LogP contribution in [-0.2, 0) is 4.79 Å². The zero-order valence-electron chi connectivity index (χ0n) is 12.0. The van der Waals surface area contributed by atoms with Gasteiger partial charge < -0.3 is 9.64 Å². The second-order valence-corrected chi connectivity index (χ2v) is 6.99. The van der Waals surface area contributed by atoms with Crippen molar-refractivity contribution in [3.05, 3.63) is 29.8 Å². The lowest BCUT2D eigenvalue weighted by Crippen LogP contribution is -2.32. The maximum atomic E-state index is 12.3. The van der Waals surface area contributed by atoms with Crippen LogP contribution in [0.3, 0.4) is 0 Å². The quantitative estimate of drug-likeness (QED) is 0.832. The van der Waals surface area contributed by atoms with Crippen LogP contribution in [-0.4, -0.2) is 29.2 Å². The fourth-order valence-electron chi connectivity index (χ4n) is 2.59. The number of hydrogen-bond donors (Lipinski definition) is 0. The third-order valence-electron chi connectivity index (χ3n) is 3.88. The molecular formula is C16H21NO2S. The summed E-state index contributed by atoms with van der Waals surface area (Å²) in [5.41, 5.74) is 1.21. The summed E-state index contributed by atoms with van der Waals surface area (Å²) >= 11 is 1.76. The molecule has 20 heavy (non-hydrogen) atoms. The molecule has 1 amide bonds. The van der Waals surface area contributed by atoms with E-state index in [1.54, 1.807) is 11.8 Å². The number of carbonyl (C=O) groups excluding carboxylic acids is 1. The van der Waals surface area contributed by atoms with Crippen LogP contribution in [0.15, 0.2) is 24.3 Å². The summed E-state index contributed by atoms with van der Waals surface area (Å²) in [5.74, 6) is 1.92. The van der Waals surface area contributed by atoms with Gasteiger partial charge in [-0.1, -0.05) is 12.1 Å². The van der Waals surface area contributed by atoms with E-state index in [9.17, 15) is 4.79 Å². The van der Waals surface area contributed by atoms with Crippen molar-refractivity contribution in [3.8, 4) is 5.75 Å². The molecule has 1 saturated carbocycles. The summed E-state index contributed by atoms with van der Waals surface area (Å²) in [6.07, 6.45) is 2.55. The van der Waals surface area contributed by atoms with Gasteiger partial charge in [0.05, 0.1) is 11.9 Å². The molecule has 108 valence electrons. The van der Waals surface area contributed by atoms with E-state index < -0.39 is 0 Å². The van der Waals surface area contributed by atoms with Crippen molar-refractivity contribution in [2.24, 2.45) is 5.92 Å². The standard InChI is InChI=1S/C16H21NO2S/c1-3-19-14-8-6-13(7-9-14)16-17(10-12-4-5-12)15(18)11(2)20-16/h6-9,11-12,16H,3-5,10H2,1-2H3/t11-,16-/m1/s1. The molecule has 0 aromatic heterocycles. The van der Waals surface area contributed by atoms with Gasteiger partial charge in [-0.2, -0.15) is 0 Å². The SMILES string of the molecule is CCOc1ccc([C@H]2S[C@H](C)C(=O)N2CC2CC2)cc1. The Bertz CT molecular complexity index is 484. The number of rotatable bonds is 5. The lowest BCUT2D eigenvalue weighted by Gasteiger charge is -2.24. The van der Waals surface area contributed by atoms with Gasteiger partial charge in [-0.25, -0.2) is 0 Å². The van der Waals surface area contributed by atoms with Crippen molar-refractivity contribution in [3.63, 3.8) is 0 Å². The van der Waals surface area contributed by atoms with Gasteiger partial charge >= 0.3 is 0 Å². The van der Waals surface area contributed by atoms with Crippen LogP contribution in [0.4, 0.5) is 0 Å². The topological polar surface area (TPSA) is 29.5 Å². The highest BCUT2D eigenvalue weighted by Crippen LogP contribution is 2.45. The Hall–Kier alpha value is -1.16. The van der Waals surface area contributed by atoms with Gasteiger partial charge in [-0.15, -0.1) is 11.8 Å². The molecule has 0 N–H and O–H groups in total. The summed E-state index contributed by atoms with van der Waals surface area (Å²) < 4.78 is 5.48. The molecule has 2 aliphatic rings. The Balaban J connectivity index is 1.77. The summed E-state index contributed by atoms with van der Waals surface area (Å²) in [6.45, 7) is 5.61. The number of ether oxygens (including phenoxy) is 1. The minimum Gasteiger partial charge on any atom is -0.494 e. The molecule has 0 unspecified atom stereocenters.